The van der Waals surface area contributed by atoms with Crippen LogP contribution in [0.5, 0.6) is 0 Å². The van der Waals surface area contributed by atoms with Crippen LogP contribution in [-0.2, 0) is 5.54 Å². The Balaban J connectivity index is 2.49. The van der Waals surface area contributed by atoms with Crippen LogP contribution in [-0.4, -0.2) is 0 Å². The fourth-order valence-corrected chi connectivity index (χ4v) is 2.68. The van der Waals surface area contributed by atoms with Crippen molar-refractivity contribution < 1.29 is 0 Å². The second-order valence-electron chi connectivity index (χ2n) is 5.41. The van der Waals surface area contributed by atoms with Crippen LogP contribution in [0.3, 0.4) is 0 Å². The molecular weight excluding hydrogens is 296 g/mol. The van der Waals surface area contributed by atoms with Crippen molar-refractivity contribution >= 4 is 0 Å². The van der Waals surface area contributed by atoms with Crippen LogP contribution < -0.4 is 0 Å². The van der Waals surface area contributed by atoms with Crippen molar-refractivity contribution in [2.24, 2.45) is 0 Å². The minimum Gasteiger partial charge on any atom is -0.292 e. The maximum atomic E-state index is 9.77. The van der Waals surface area contributed by atoms with Gasteiger partial charge in [-0.1, -0.05) is 30.3 Å². The van der Waals surface area contributed by atoms with E-state index in [2.05, 4.69) is 15.8 Å². The Morgan fingerprint density at radius 2 is 1.58 bits per heavy atom. The van der Waals surface area contributed by atoms with Crippen LogP contribution in [0.1, 0.15) is 35.6 Å². The number of nitriles is 2. The summed E-state index contributed by atoms with van der Waals surface area (Å²) >= 11 is 0. The van der Waals surface area contributed by atoms with Crippen LogP contribution in [0.4, 0.5) is 0 Å². The van der Waals surface area contributed by atoms with Gasteiger partial charge in [-0.3, -0.25) is 9.69 Å². The van der Waals surface area contributed by atoms with Crippen molar-refractivity contribution in [3.63, 3.8) is 0 Å². The Labute approximate surface area is 141 Å². The summed E-state index contributed by atoms with van der Waals surface area (Å²) in [5.74, 6) is -0.320. The summed E-state index contributed by atoms with van der Waals surface area (Å²) in [6.07, 6.45) is 0. The van der Waals surface area contributed by atoms with Gasteiger partial charge in [0.25, 0.3) is 0 Å². The van der Waals surface area contributed by atoms with Crippen LogP contribution in [0.2, 0.25) is 0 Å². The van der Waals surface area contributed by atoms with Crippen LogP contribution in [0.15, 0.2) is 54.6 Å². The Morgan fingerprint density at radius 1 is 0.958 bits per heavy atom. The van der Waals surface area contributed by atoms with Gasteiger partial charge in [0.05, 0.1) is 11.5 Å². The zero-order valence-corrected chi connectivity index (χ0v) is 13.1. The smallest absolute Gasteiger partial charge is 0.292 e. The van der Waals surface area contributed by atoms with E-state index in [1.165, 1.54) is 0 Å². The maximum Gasteiger partial charge on any atom is 0.347 e. The third-order valence-corrected chi connectivity index (χ3v) is 4.19. The molecule has 3 atom stereocenters. The molecule has 0 saturated heterocycles. The number of rotatable bonds is 4. The number of hydrogen-bond acceptors (Lipinski definition) is 2. The highest BCUT2D eigenvalue weighted by Gasteiger charge is 2.46. The third kappa shape index (κ3) is 2.83. The normalized spacial score (nSPS) is 14.7. The lowest BCUT2D eigenvalue weighted by atomic mass is 9.77. The van der Waals surface area contributed by atoms with Crippen LogP contribution >= 0.6 is 0 Å². The first-order valence-electron chi connectivity index (χ1n) is 7.34. The maximum absolute atomic E-state index is 9.77. The van der Waals surface area contributed by atoms with Crippen molar-refractivity contribution in [2.75, 3.05) is 0 Å². The highest BCUT2D eigenvalue weighted by atomic mass is 14.8. The zero-order chi connectivity index (χ0) is 17.6. The van der Waals surface area contributed by atoms with Gasteiger partial charge in [0.1, 0.15) is 0 Å². The molecule has 0 amide bonds. The van der Waals surface area contributed by atoms with Crippen molar-refractivity contribution in [3.05, 3.63) is 94.1 Å². The minimum atomic E-state index is -1.35. The van der Waals surface area contributed by atoms with Gasteiger partial charge in [0, 0.05) is 5.56 Å². The summed E-state index contributed by atoms with van der Waals surface area (Å²) in [5.41, 5.74) is 0.706. The van der Waals surface area contributed by atoms with Crippen molar-refractivity contribution in [1.82, 2.24) is 0 Å². The fourth-order valence-electron chi connectivity index (χ4n) is 2.68. The van der Waals surface area contributed by atoms with E-state index >= 15 is 0 Å². The highest BCUT2D eigenvalue weighted by molar-refractivity contribution is 5.44. The topological polar surface area (TPSA) is 56.3 Å². The summed E-state index contributed by atoms with van der Waals surface area (Å²) in [5, 5.41) is 18.7. The molecule has 0 N–H and O–H groups in total. The summed E-state index contributed by atoms with van der Waals surface area (Å²) in [6.45, 7) is 16.5. The summed E-state index contributed by atoms with van der Waals surface area (Å²) in [6, 6.07) is 19.3. The average molecular weight is 310 g/mol. The van der Waals surface area contributed by atoms with E-state index in [1.807, 2.05) is 43.3 Å². The molecule has 114 valence electrons. The molecule has 4 heteroatoms. The van der Waals surface area contributed by atoms with Gasteiger partial charge in [0.2, 0.25) is 0 Å². The van der Waals surface area contributed by atoms with E-state index in [0.717, 1.165) is 5.56 Å². The fraction of sp³-hybridized carbons (Fsp3) is 0.200. The van der Waals surface area contributed by atoms with E-state index < -0.39 is 11.6 Å². The largest absolute Gasteiger partial charge is 0.347 e. The predicted molar refractivity (Wildman–Crippen MR) is 90.1 cm³/mol. The molecule has 2 rings (SSSR count). The Kier molecular flexibility index (Phi) is 4.96. The molecule has 4 nitrogen and oxygen atoms in total. The number of benzene rings is 2. The average Bonchev–Trinajstić information content (AvgIpc) is 2.66. The first-order valence-corrected chi connectivity index (χ1v) is 7.34. The standard InChI is InChI=1S/C20H14N4/c1-15(16-7-5-4-6-8-16)20(14-22,24-3)18-11-9-17(10-12-18)19(13-21)23-2/h4-12,15,19H,1H3. The Hall–Kier alpha value is -3.60. The van der Waals surface area contributed by atoms with E-state index in [0.29, 0.717) is 11.1 Å². The highest BCUT2D eigenvalue weighted by Crippen LogP contribution is 2.40. The zero-order valence-electron chi connectivity index (χ0n) is 13.1. The lowest BCUT2D eigenvalue weighted by Crippen LogP contribution is -2.27. The van der Waals surface area contributed by atoms with E-state index in [4.69, 9.17) is 18.4 Å². The first-order chi connectivity index (χ1) is 11.6. The second kappa shape index (κ2) is 7.11. The van der Waals surface area contributed by atoms with Gasteiger partial charge >= 0.3 is 11.6 Å². The number of hydrogen-bond donors (Lipinski definition) is 0. The number of nitrogens with zero attached hydrogens (tertiary/aromatic N) is 4. The molecule has 0 heterocycles. The van der Waals surface area contributed by atoms with Gasteiger partial charge in [-0.05, 0) is 36.8 Å². The molecule has 24 heavy (non-hydrogen) atoms. The molecule has 0 radical (unpaired) electrons. The lowest BCUT2D eigenvalue weighted by molar-refractivity contribution is 0.556. The first kappa shape index (κ1) is 16.8. The second-order valence-corrected chi connectivity index (χ2v) is 5.41. The molecular formula is C20H14N4. The molecule has 3 unspecified atom stereocenters. The van der Waals surface area contributed by atoms with Crippen molar-refractivity contribution in [2.45, 2.75) is 24.4 Å². The summed E-state index contributed by atoms with van der Waals surface area (Å²) < 4.78 is 0. The molecule has 0 aliphatic rings. The van der Waals surface area contributed by atoms with Gasteiger partial charge in [-0.2, -0.15) is 10.5 Å². The van der Waals surface area contributed by atoms with Gasteiger partial charge in [-0.25, -0.2) is 13.1 Å². The lowest BCUT2D eigenvalue weighted by Gasteiger charge is -2.22. The molecule has 0 aromatic heterocycles. The van der Waals surface area contributed by atoms with Gasteiger partial charge < -0.3 is 0 Å². The molecule has 0 spiro atoms. The Bertz CT molecular complexity index is 843. The SMILES string of the molecule is [C-]#[N+]C(C#N)c1ccc(C(C#N)([N+]#[C-])C(C)c2ccccc2)cc1. The quantitative estimate of drug-likeness (QED) is 0.774. The van der Waals surface area contributed by atoms with Crippen LogP contribution in [0.25, 0.3) is 9.69 Å². The molecule has 0 aliphatic heterocycles. The van der Waals surface area contributed by atoms with E-state index in [-0.39, 0.29) is 5.92 Å². The predicted octanol–water partition coefficient (Wildman–Crippen LogP) is 4.61. The molecule has 0 fully saturated rings. The van der Waals surface area contributed by atoms with Gasteiger partial charge in [0.15, 0.2) is 12.1 Å². The molecule has 0 saturated carbocycles. The minimum absolute atomic E-state index is 0.320. The van der Waals surface area contributed by atoms with E-state index in [9.17, 15) is 5.26 Å². The molecule has 2 aromatic rings. The van der Waals surface area contributed by atoms with Gasteiger partial charge in [-0.15, -0.1) is 0 Å². The molecule has 0 aliphatic carbocycles. The third-order valence-electron chi connectivity index (χ3n) is 4.19. The van der Waals surface area contributed by atoms with Crippen molar-refractivity contribution in [1.29, 1.82) is 10.5 Å². The van der Waals surface area contributed by atoms with Crippen LogP contribution in [0, 0.1) is 35.8 Å². The Morgan fingerprint density at radius 3 is 2.04 bits per heavy atom. The summed E-state index contributed by atoms with van der Waals surface area (Å²) in [7, 11) is 0. The molecule has 0 bridgehead atoms. The molecule has 2 aromatic carbocycles. The monoisotopic (exact) mass is 310 g/mol. The summed E-state index contributed by atoms with van der Waals surface area (Å²) in [4.78, 5) is 6.92. The van der Waals surface area contributed by atoms with E-state index in [1.54, 1.807) is 24.3 Å². The van der Waals surface area contributed by atoms with Crippen molar-refractivity contribution in [3.8, 4) is 12.1 Å².